The molecule has 0 radical (unpaired) electrons. The number of aromatic carboxylic acids is 1. The smallest absolute Gasteiger partial charge is 0.339 e. The molecule has 7 heteroatoms. The molecule has 0 bridgehead atoms. The number of amides is 2. The van der Waals surface area contributed by atoms with Crippen molar-refractivity contribution in [1.29, 1.82) is 0 Å². The highest BCUT2D eigenvalue weighted by Gasteiger charge is 2.26. The molecule has 1 fully saturated rings. The van der Waals surface area contributed by atoms with E-state index in [-0.39, 0.29) is 29.7 Å². The van der Waals surface area contributed by atoms with Crippen LogP contribution in [0.2, 0.25) is 0 Å². The Balaban J connectivity index is 1.80. The zero-order chi connectivity index (χ0) is 20.3. The highest BCUT2D eigenvalue weighted by molar-refractivity contribution is 6.05. The molecule has 146 valence electrons. The number of nitrogens with one attached hydrogen (secondary N) is 1. The number of methoxy groups -OCH3 is 1. The number of carboxylic acid groups (broad SMARTS) is 1. The molecule has 0 spiro atoms. The minimum atomic E-state index is -1.10. The van der Waals surface area contributed by atoms with Crippen molar-refractivity contribution < 1.29 is 24.2 Å². The summed E-state index contributed by atoms with van der Waals surface area (Å²) >= 11 is 0. The largest absolute Gasteiger partial charge is 0.496 e. The van der Waals surface area contributed by atoms with Crippen LogP contribution in [0.5, 0.6) is 5.75 Å². The van der Waals surface area contributed by atoms with Gasteiger partial charge < -0.3 is 20.1 Å². The molecule has 2 amide bonds. The molecule has 1 heterocycles. The van der Waals surface area contributed by atoms with Gasteiger partial charge in [-0.2, -0.15) is 0 Å². The predicted octanol–water partition coefficient (Wildman–Crippen LogP) is 2.76. The van der Waals surface area contributed by atoms with Crippen LogP contribution in [0, 0.1) is 6.92 Å². The molecule has 1 aliphatic rings. The molecular weight excluding hydrogens is 360 g/mol. The minimum absolute atomic E-state index is 0.0131. The Morgan fingerprint density at radius 1 is 1.18 bits per heavy atom. The molecule has 28 heavy (non-hydrogen) atoms. The number of hydrogen-bond donors (Lipinski definition) is 2. The second-order valence-electron chi connectivity index (χ2n) is 6.69. The molecule has 2 aromatic rings. The van der Waals surface area contributed by atoms with Crippen molar-refractivity contribution in [3.05, 3.63) is 58.7 Å². The number of rotatable bonds is 6. The lowest BCUT2D eigenvalue weighted by atomic mass is 10.1. The highest BCUT2D eigenvalue weighted by atomic mass is 16.5. The van der Waals surface area contributed by atoms with Crippen molar-refractivity contribution in [1.82, 2.24) is 5.32 Å². The summed E-state index contributed by atoms with van der Waals surface area (Å²) in [6.07, 6.45) is 1.26. The normalized spacial score (nSPS) is 13.5. The van der Waals surface area contributed by atoms with Gasteiger partial charge in [0.15, 0.2) is 0 Å². The van der Waals surface area contributed by atoms with Crippen LogP contribution in [0.15, 0.2) is 36.4 Å². The fourth-order valence-electron chi connectivity index (χ4n) is 3.28. The van der Waals surface area contributed by atoms with Crippen molar-refractivity contribution in [2.24, 2.45) is 0 Å². The fraction of sp³-hybridized carbons (Fsp3) is 0.286. The van der Waals surface area contributed by atoms with E-state index in [2.05, 4.69) is 5.32 Å². The summed E-state index contributed by atoms with van der Waals surface area (Å²) in [6, 6.07) is 10.2. The van der Waals surface area contributed by atoms with E-state index in [1.54, 1.807) is 29.2 Å². The Morgan fingerprint density at radius 2 is 1.96 bits per heavy atom. The van der Waals surface area contributed by atoms with Crippen LogP contribution in [0.4, 0.5) is 5.69 Å². The number of carbonyl (C=O) groups is 3. The highest BCUT2D eigenvalue weighted by Crippen LogP contribution is 2.27. The number of carboxylic acids is 1. The summed E-state index contributed by atoms with van der Waals surface area (Å²) in [5.41, 5.74) is 2.62. The third-order valence-corrected chi connectivity index (χ3v) is 4.71. The number of carbonyl (C=O) groups excluding carboxylic acids is 2. The van der Waals surface area contributed by atoms with E-state index in [0.717, 1.165) is 12.0 Å². The maximum atomic E-state index is 12.8. The molecule has 7 nitrogen and oxygen atoms in total. The summed E-state index contributed by atoms with van der Waals surface area (Å²) in [7, 11) is 1.40. The van der Waals surface area contributed by atoms with Gasteiger partial charge in [0.05, 0.1) is 18.4 Å². The number of benzene rings is 2. The van der Waals surface area contributed by atoms with Gasteiger partial charge in [-0.25, -0.2) is 4.79 Å². The van der Waals surface area contributed by atoms with Crippen molar-refractivity contribution in [3.63, 3.8) is 0 Å². The van der Waals surface area contributed by atoms with Crippen molar-refractivity contribution in [2.75, 3.05) is 18.6 Å². The Kier molecular flexibility index (Phi) is 5.63. The molecular formula is C21H22N2O5. The van der Waals surface area contributed by atoms with E-state index in [0.29, 0.717) is 29.8 Å². The zero-order valence-corrected chi connectivity index (χ0v) is 15.8. The Labute approximate surface area is 162 Å². The van der Waals surface area contributed by atoms with Gasteiger partial charge in [-0.15, -0.1) is 0 Å². The van der Waals surface area contributed by atoms with Gasteiger partial charge in [0.1, 0.15) is 11.3 Å². The van der Waals surface area contributed by atoms with Crippen molar-refractivity contribution in [2.45, 2.75) is 26.3 Å². The summed E-state index contributed by atoms with van der Waals surface area (Å²) in [4.78, 5) is 37.9. The Hall–Kier alpha value is -3.35. The van der Waals surface area contributed by atoms with E-state index >= 15 is 0 Å². The van der Waals surface area contributed by atoms with Gasteiger partial charge >= 0.3 is 5.97 Å². The molecule has 0 aromatic heterocycles. The molecule has 0 aliphatic carbocycles. The van der Waals surface area contributed by atoms with Crippen LogP contribution in [0.1, 0.15) is 44.7 Å². The van der Waals surface area contributed by atoms with Gasteiger partial charge in [-0.05, 0) is 43.2 Å². The van der Waals surface area contributed by atoms with E-state index in [9.17, 15) is 19.5 Å². The third kappa shape index (κ3) is 3.98. The first-order valence-corrected chi connectivity index (χ1v) is 9.00. The predicted molar refractivity (Wildman–Crippen MR) is 104 cm³/mol. The lowest BCUT2D eigenvalue weighted by Gasteiger charge is -2.20. The van der Waals surface area contributed by atoms with E-state index in [1.807, 2.05) is 13.0 Å². The van der Waals surface area contributed by atoms with Crippen LogP contribution in [-0.4, -0.2) is 36.5 Å². The quantitative estimate of drug-likeness (QED) is 0.801. The van der Waals surface area contributed by atoms with Crippen LogP contribution >= 0.6 is 0 Å². The maximum absolute atomic E-state index is 12.8. The lowest BCUT2D eigenvalue weighted by molar-refractivity contribution is -0.117. The molecule has 3 rings (SSSR count). The van der Waals surface area contributed by atoms with Gasteiger partial charge in [-0.3, -0.25) is 9.59 Å². The molecule has 2 N–H and O–H groups in total. The number of nitrogens with zero attached hydrogens (tertiary/aromatic N) is 1. The SMILES string of the molecule is COc1ccc(CNC(=O)c2cc(C)ccc2N2CCCC2=O)cc1C(=O)O. The average molecular weight is 382 g/mol. The summed E-state index contributed by atoms with van der Waals surface area (Å²) in [5.74, 6) is -1.14. The monoisotopic (exact) mass is 382 g/mol. The second-order valence-corrected chi connectivity index (χ2v) is 6.69. The average Bonchev–Trinajstić information content (AvgIpc) is 3.11. The van der Waals surface area contributed by atoms with Crippen LogP contribution in [0.3, 0.4) is 0 Å². The first-order chi connectivity index (χ1) is 13.4. The maximum Gasteiger partial charge on any atom is 0.339 e. The summed E-state index contributed by atoms with van der Waals surface area (Å²) < 4.78 is 5.05. The first-order valence-electron chi connectivity index (χ1n) is 9.00. The van der Waals surface area contributed by atoms with Gasteiger partial charge in [0, 0.05) is 19.5 Å². The topological polar surface area (TPSA) is 95.9 Å². The summed E-state index contributed by atoms with van der Waals surface area (Å²) in [6.45, 7) is 2.64. The van der Waals surface area contributed by atoms with E-state index in [4.69, 9.17) is 4.74 Å². The molecule has 0 unspecified atom stereocenters. The third-order valence-electron chi connectivity index (χ3n) is 4.71. The lowest BCUT2D eigenvalue weighted by Crippen LogP contribution is -2.29. The standard InChI is InChI=1S/C21H22N2O5/c1-13-5-7-17(23-9-3-4-19(23)24)15(10-13)20(25)22-12-14-6-8-18(28-2)16(11-14)21(26)27/h5-8,10-11H,3-4,9,12H2,1-2H3,(H,22,25)(H,26,27). The molecule has 0 atom stereocenters. The van der Waals surface area contributed by atoms with E-state index in [1.165, 1.54) is 13.2 Å². The number of hydrogen-bond acceptors (Lipinski definition) is 4. The van der Waals surface area contributed by atoms with Crippen molar-refractivity contribution >= 4 is 23.5 Å². The zero-order valence-electron chi connectivity index (χ0n) is 15.8. The minimum Gasteiger partial charge on any atom is -0.496 e. The molecule has 2 aromatic carbocycles. The van der Waals surface area contributed by atoms with Crippen LogP contribution in [0.25, 0.3) is 0 Å². The van der Waals surface area contributed by atoms with E-state index < -0.39 is 5.97 Å². The van der Waals surface area contributed by atoms with Crippen LogP contribution < -0.4 is 15.0 Å². The number of ether oxygens (including phenoxy) is 1. The molecule has 1 aliphatic heterocycles. The van der Waals surface area contributed by atoms with Gasteiger partial charge in [0.2, 0.25) is 5.91 Å². The van der Waals surface area contributed by atoms with Crippen molar-refractivity contribution in [3.8, 4) is 5.75 Å². The second kappa shape index (κ2) is 8.12. The molecule has 0 saturated carbocycles. The van der Waals surface area contributed by atoms with Gasteiger partial charge in [-0.1, -0.05) is 17.7 Å². The number of aryl methyl sites for hydroxylation is 1. The first kappa shape index (κ1) is 19.4. The number of anilines is 1. The Morgan fingerprint density at radius 3 is 2.61 bits per heavy atom. The Bertz CT molecular complexity index is 938. The fourth-order valence-corrected chi connectivity index (χ4v) is 3.28. The van der Waals surface area contributed by atoms with Gasteiger partial charge in [0.25, 0.3) is 5.91 Å². The van der Waals surface area contributed by atoms with Crippen LogP contribution in [-0.2, 0) is 11.3 Å². The molecule has 1 saturated heterocycles. The summed E-state index contributed by atoms with van der Waals surface area (Å²) in [5, 5.41) is 12.1.